The summed E-state index contributed by atoms with van der Waals surface area (Å²) in [6.07, 6.45) is 7.09. The SMILES string of the molecule is Cc1ccc2c(c1)C=CC1N2C(C(=O)c2ccc(Cl)cc2)C(C(=O)c2ccncc2)C12C(=O)Nc1ccccc12. The van der Waals surface area contributed by atoms with Gasteiger partial charge in [-0.05, 0) is 72.6 Å². The fourth-order valence-electron chi connectivity index (χ4n) is 6.78. The van der Waals surface area contributed by atoms with Crippen molar-refractivity contribution >= 4 is 46.5 Å². The first kappa shape index (κ1) is 24.5. The third-order valence-corrected chi connectivity index (χ3v) is 8.68. The Morgan fingerprint density at radius 2 is 1.65 bits per heavy atom. The summed E-state index contributed by atoms with van der Waals surface area (Å²) in [5.41, 5.74) is 3.67. The fraction of sp³-hybridized carbons (Fsp3) is 0.152. The maximum Gasteiger partial charge on any atom is 0.238 e. The van der Waals surface area contributed by atoms with Crippen molar-refractivity contribution in [3.05, 3.63) is 130 Å². The molecule has 6 nitrogen and oxygen atoms in total. The van der Waals surface area contributed by atoms with Crippen LogP contribution >= 0.6 is 11.6 Å². The highest BCUT2D eigenvalue weighted by atomic mass is 35.5. The summed E-state index contributed by atoms with van der Waals surface area (Å²) in [4.78, 5) is 49.6. The van der Waals surface area contributed by atoms with Gasteiger partial charge in [-0.25, -0.2) is 0 Å². The topological polar surface area (TPSA) is 79.4 Å². The molecule has 1 aromatic heterocycles. The van der Waals surface area contributed by atoms with Crippen molar-refractivity contribution in [2.45, 2.75) is 24.4 Å². The first-order valence-corrected chi connectivity index (χ1v) is 13.5. The summed E-state index contributed by atoms with van der Waals surface area (Å²) in [7, 11) is 0. The summed E-state index contributed by atoms with van der Waals surface area (Å²) >= 11 is 6.16. The van der Waals surface area contributed by atoms with Crippen LogP contribution in [-0.4, -0.2) is 34.5 Å². The molecule has 3 aliphatic rings. The minimum Gasteiger partial charge on any atom is -0.352 e. The summed E-state index contributed by atoms with van der Waals surface area (Å²) in [5.74, 6) is -1.84. The quantitative estimate of drug-likeness (QED) is 0.323. The molecule has 1 spiro atoms. The number of anilines is 2. The maximum absolute atomic E-state index is 14.6. The van der Waals surface area contributed by atoms with Gasteiger partial charge < -0.3 is 10.2 Å². The number of benzene rings is 3. The van der Waals surface area contributed by atoms with Gasteiger partial charge in [-0.15, -0.1) is 0 Å². The first-order valence-electron chi connectivity index (χ1n) is 13.1. The van der Waals surface area contributed by atoms with Crippen LogP contribution in [0, 0.1) is 12.8 Å². The van der Waals surface area contributed by atoms with Crippen LogP contribution in [0.15, 0.2) is 97.3 Å². The molecule has 40 heavy (non-hydrogen) atoms. The predicted molar refractivity (Wildman–Crippen MR) is 155 cm³/mol. The number of para-hydroxylation sites is 1. The Kier molecular flexibility index (Phi) is 5.51. The molecule has 1 amide bonds. The van der Waals surface area contributed by atoms with Crippen LogP contribution in [0.25, 0.3) is 6.08 Å². The van der Waals surface area contributed by atoms with Crippen LogP contribution in [0.5, 0.6) is 0 Å². The fourth-order valence-corrected chi connectivity index (χ4v) is 6.91. The molecule has 4 atom stereocenters. The Labute approximate surface area is 236 Å². The molecular weight excluding hydrogens is 522 g/mol. The minimum atomic E-state index is -1.34. The number of hydrogen-bond acceptors (Lipinski definition) is 5. The van der Waals surface area contributed by atoms with Crippen molar-refractivity contribution in [3.63, 3.8) is 0 Å². The molecule has 196 valence electrons. The lowest BCUT2D eigenvalue weighted by atomic mass is 9.64. The number of aromatic nitrogens is 1. The summed E-state index contributed by atoms with van der Waals surface area (Å²) in [6.45, 7) is 2.01. The number of ketones is 2. The molecule has 1 fully saturated rings. The van der Waals surface area contributed by atoms with E-state index in [4.69, 9.17) is 11.6 Å². The normalized spacial score (nSPS) is 23.9. The second-order valence-corrected chi connectivity index (χ2v) is 11.0. The van der Waals surface area contributed by atoms with E-state index in [2.05, 4.69) is 16.4 Å². The second kappa shape index (κ2) is 9.00. The minimum absolute atomic E-state index is 0.245. The number of Topliss-reactive ketones (excluding diaryl/α,β-unsaturated/α-hetero) is 2. The van der Waals surface area contributed by atoms with Crippen LogP contribution in [0.3, 0.4) is 0 Å². The van der Waals surface area contributed by atoms with Crippen LogP contribution in [-0.2, 0) is 10.2 Å². The number of amides is 1. The number of halogens is 1. The molecular formula is C33H24ClN3O3. The summed E-state index contributed by atoms with van der Waals surface area (Å²) in [6, 6.07) is 21.9. The van der Waals surface area contributed by atoms with Gasteiger partial charge in [0.25, 0.3) is 0 Å². The summed E-state index contributed by atoms with van der Waals surface area (Å²) in [5, 5.41) is 3.55. The molecule has 0 saturated carbocycles. The third-order valence-electron chi connectivity index (χ3n) is 8.43. The van der Waals surface area contributed by atoms with E-state index in [1.807, 2.05) is 60.4 Å². The smallest absolute Gasteiger partial charge is 0.238 e. The lowest BCUT2D eigenvalue weighted by Crippen LogP contribution is -2.51. The van der Waals surface area contributed by atoms with E-state index in [1.54, 1.807) is 48.8 Å². The van der Waals surface area contributed by atoms with Gasteiger partial charge in [-0.2, -0.15) is 0 Å². The van der Waals surface area contributed by atoms with Crippen LogP contribution in [0.1, 0.15) is 37.4 Å². The molecule has 7 rings (SSSR count). The van der Waals surface area contributed by atoms with Crippen molar-refractivity contribution in [1.82, 2.24) is 4.98 Å². The highest BCUT2D eigenvalue weighted by molar-refractivity contribution is 6.30. The molecule has 0 aliphatic carbocycles. The molecule has 4 unspecified atom stereocenters. The average molecular weight is 546 g/mol. The standard InChI is InChI=1S/C33H24ClN3O3/c1-19-6-12-26-22(18-19)9-13-27-33(24-4-2-3-5-25(24)36-32(33)40)28(30(38)21-14-16-35-17-15-21)29(37(26)27)31(39)20-7-10-23(34)11-8-20/h2-18,27-29H,1H3,(H,36,40). The van der Waals surface area contributed by atoms with E-state index in [1.165, 1.54) is 0 Å². The third kappa shape index (κ3) is 3.36. The van der Waals surface area contributed by atoms with Gasteiger partial charge in [0.2, 0.25) is 5.91 Å². The van der Waals surface area contributed by atoms with Gasteiger partial charge in [0.1, 0.15) is 11.5 Å². The molecule has 1 saturated heterocycles. The number of nitrogens with zero attached hydrogens (tertiary/aromatic N) is 2. The lowest BCUT2D eigenvalue weighted by Gasteiger charge is -2.37. The molecule has 3 aliphatic heterocycles. The van der Waals surface area contributed by atoms with Crippen molar-refractivity contribution in [3.8, 4) is 0 Å². The highest BCUT2D eigenvalue weighted by Gasteiger charge is 2.70. The van der Waals surface area contributed by atoms with E-state index in [-0.39, 0.29) is 17.5 Å². The average Bonchev–Trinajstić information content (AvgIpc) is 3.45. The Balaban J connectivity index is 1.54. The van der Waals surface area contributed by atoms with Gasteiger partial charge in [0.15, 0.2) is 11.6 Å². The van der Waals surface area contributed by atoms with Crippen molar-refractivity contribution in [1.29, 1.82) is 0 Å². The number of hydrogen-bond donors (Lipinski definition) is 1. The monoisotopic (exact) mass is 545 g/mol. The number of aryl methyl sites for hydroxylation is 1. The van der Waals surface area contributed by atoms with E-state index in [0.717, 1.165) is 16.8 Å². The maximum atomic E-state index is 14.6. The number of carbonyl (C=O) groups excluding carboxylic acids is 3. The van der Waals surface area contributed by atoms with Gasteiger partial charge in [-0.1, -0.05) is 53.6 Å². The van der Waals surface area contributed by atoms with Crippen molar-refractivity contribution in [2.75, 3.05) is 10.2 Å². The molecule has 0 bridgehead atoms. The van der Waals surface area contributed by atoms with E-state index in [0.29, 0.717) is 27.4 Å². The van der Waals surface area contributed by atoms with E-state index >= 15 is 0 Å². The molecule has 0 radical (unpaired) electrons. The van der Waals surface area contributed by atoms with Gasteiger partial charge in [0.05, 0.1) is 12.0 Å². The number of rotatable bonds is 4. The lowest BCUT2D eigenvalue weighted by molar-refractivity contribution is -0.121. The molecule has 7 heteroatoms. The Bertz CT molecular complexity index is 1730. The number of fused-ring (bicyclic) bond motifs is 6. The molecule has 4 aromatic rings. The largest absolute Gasteiger partial charge is 0.352 e. The van der Waals surface area contributed by atoms with Gasteiger partial charge in [-0.3, -0.25) is 19.4 Å². The summed E-state index contributed by atoms with van der Waals surface area (Å²) < 4.78 is 0. The van der Waals surface area contributed by atoms with Crippen LogP contribution in [0.4, 0.5) is 11.4 Å². The van der Waals surface area contributed by atoms with Crippen LogP contribution in [0.2, 0.25) is 5.02 Å². The first-order chi connectivity index (χ1) is 19.4. The zero-order chi connectivity index (χ0) is 27.6. The molecule has 4 heterocycles. The Morgan fingerprint density at radius 1 is 0.925 bits per heavy atom. The van der Waals surface area contributed by atoms with E-state index in [9.17, 15) is 14.4 Å². The Hall–Kier alpha value is -4.55. The van der Waals surface area contributed by atoms with E-state index < -0.39 is 23.4 Å². The zero-order valence-corrected chi connectivity index (χ0v) is 22.3. The van der Waals surface area contributed by atoms with Crippen molar-refractivity contribution < 1.29 is 14.4 Å². The van der Waals surface area contributed by atoms with Crippen molar-refractivity contribution in [2.24, 2.45) is 5.92 Å². The van der Waals surface area contributed by atoms with Crippen LogP contribution < -0.4 is 10.2 Å². The Morgan fingerprint density at radius 3 is 2.42 bits per heavy atom. The number of pyridine rings is 1. The molecule has 1 N–H and O–H groups in total. The number of carbonyl (C=O) groups is 3. The predicted octanol–water partition coefficient (Wildman–Crippen LogP) is 5.90. The van der Waals surface area contributed by atoms with Gasteiger partial charge in [0, 0.05) is 39.9 Å². The number of nitrogens with one attached hydrogen (secondary N) is 1. The molecule has 3 aromatic carbocycles. The highest BCUT2D eigenvalue weighted by Crippen LogP contribution is 2.58. The second-order valence-electron chi connectivity index (χ2n) is 10.5. The zero-order valence-electron chi connectivity index (χ0n) is 21.5. The van der Waals surface area contributed by atoms with Gasteiger partial charge >= 0.3 is 0 Å².